The van der Waals surface area contributed by atoms with Crippen molar-refractivity contribution in [3.8, 4) is 0 Å². The first-order valence-electron chi connectivity index (χ1n) is 12.8. The number of hydrogen-bond donors (Lipinski definition) is 0. The van der Waals surface area contributed by atoms with Crippen molar-refractivity contribution in [2.45, 2.75) is 89.2 Å². The van der Waals surface area contributed by atoms with Crippen LogP contribution in [0.5, 0.6) is 0 Å². The summed E-state index contributed by atoms with van der Waals surface area (Å²) < 4.78 is 49.7. The second-order valence-corrected chi connectivity index (χ2v) is 11.5. The third-order valence-electron chi connectivity index (χ3n) is 9.97. The molecular weight excluding hydrogens is 472 g/mol. The lowest BCUT2D eigenvalue weighted by Gasteiger charge is -2.73. The predicted molar refractivity (Wildman–Crippen MR) is 118 cm³/mol. The molecule has 1 aromatic rings. The van der Waals surface area contributed by atoms with Gasteiger partial charge in [-0.1, -0.05) is 6.92 Å². The quantitative estimate of drug-likeness (QED) is 0.569. The SMILES string of the molecule is CC(=O)OC1OC(c2ccoc2)CC12C(C)CC13OCC45OC(C)(OCC14C2CCC5OC(C)=O)O3. The van der Waals surface area contributed by atoms with E-state index in [2.05, 4.69) is 6.92 Å². The number of furan rings is 1. The molecule has 10 heteroatoms. The molecule has 1 aromatic heterocycles. The zero-order chi connectivity index (χ0) is 25.1. The Morgan fingerprint density at radius 3 is 2.56 bits per heavy atom. The molecule has 8 rings (SSSR count). The van der Waals surface area contributed by atoms with E-state index in [9.17, 15) is 9.59 Å². The molecule has 5 aliphatic heterocycles. The van der Waals surface area contributed by atoms with Gasteiger partial charge in [-0.05, 0) is 37.2 Å². The number of hydrogen-bond acceptors (Lipinski definition) is 10. The van der Waals surface area contributed by atoms with Gasteiger partial charge in [-0.2, -0.15) is 0 Å². The van der Waals surface area contributed by atoms with Gasteiger partial charge in [-0.25, -0.2) is 0 Å². The summed E-state index contributed by atoms with van der Waals surface area (Å²) in [5.74, 6) is -3.14. The number of carbonyl (C=O) groups excluding carboxylic acids is 2. The van der Waals surface area contributed by atoms with Crippen molar-refractivity contribution in [2.75, 3.05) is 13.2 Å². The molecule has 10 nitrogen and oxygen atoms in total. The second kappa shape index (κ2) is 7.11. The molecule has 5 saturated heterocycles. The van der Waals surface area contributed by atoms with E-state index in [1.165, 1.54) is 13.8 Å². The summed E-state index contributed by atoms with van der Waals surface area (Å²) in [6, 6.07) is 1.88. The van der Waals surface area contributed by atoms with Crippen molar-refractivity contribution < 1.29 is 47.2 Å². The summed E-state index contributed by atoms with van der Waals surface area (Å²) in [4.78, 5) is 24.5. The number of fused-ring (bicyclic) bond motifs is 2. The molecule has 2 aliphatic carbocycles. The zero-order valence-electron chi connectivity index (χ0n) is 20.9. The second-order valence-electron chi connectivity index (χ2n) is 11.5. The van der Waals surface area contributed by atoms with Gasteiger partial charge in [0.1, 0.15) is 11.7 Å². The number of esters is 2. The summed E-state index contributed by atoms with van der Waals surface area (Å²) >= 11 is 0. The van der Waals surface area contributed by atoms with Crippen LogP contribution in [0.4, 0.5) is 0 Å². The van der Waals surface area contributed by atoms with E-state index >= 15 is 0 Å². The number of carbonyl (C=O) groups is 2. The summed E-state index contributed by atoms with van der Waals surface area (Å²) in [5, 5.41) is 0. The molecule has 2 spiro atoms. The molecule has 0 N–H and O–H groups in total. The van der Waals surface area contributed by atoms with Crippen molar-refractivity contribution in [1.82, 2.24) is 0 Å². The molecule has 2 saturated carbocycles. The first kappa shape index (κ1) is 23.2. The van der Waals surface area contributed by atoms with Gasteiger partial charge in [0.05, 0.1) is 37.3 Å². The van der Waals surface area contributed by atoms with Crippen LogP contribution in [0.15, 0.2) is 23.0 Å². The Kier molecular flexibility index (Phi) is 4.57. The average Bonchev–Trinajstić information content (AvgIpc) is 3.49. The van der Waals surface area contributed by atoms with Crippen LogP contribution >= 0.6 is 0 Å². The van der Waals surface area contributed by atoms with Crippen LogP contribution in [0, 0.1) is 22.7 Å². The number of ether oxygens (including phenoxy) is 7. The minimum Gasteiger partial charge on any atom is -0.472 e. The van der Waals surface area contributed by atoms with Gasteiger partial charge in [0.2, 0.25) is 6.29 Å². The number of rotatable bonds is 3. The average molecular weight is 505 g/mol. The smallest absolute Gasteiger partial charge is 0.304 e. The summed E-state index contributed by atoms with van der Waals surface area (Å²) in [6.07, 6.45) is 4.13. The van der Waals surface area contributed by atoms with E-state index in [-0.39, 0.29) is 30.5 Å². The van der Waals surface area contributed by atoms with E-state index in [4.69, 9.17) is 37.6 Å². The molecule has 36 heavy (non-hydrogen) atoms. The maximum atomic E-state index is 12.3. The van der Waals surface area contributed by atoms with E-state index in [1.807, 2.05) is 6.07 Å². The highest BCUT2D eigenvalue weighted by molar-refractivity contribution is 5.66. The van der Waals surface area contributed by atoms with Gasteiger partial charge in [0, 0.05) is 38.2 Å². The summed E-state index contributed by atoms with van der Waals surface area (Å²) in [7, 11) is 0. The summed E-state index contributed by atoms with van der Waals surface area (Å²) in [6.45, 7) is 7.30. The fourth-order valence-electron chi connectivity index (χ4n) is 8.86. The van der Waals surface area contributed by atoms with E-state index in [1.54, 1.807) is 19.5 Å². The van der Waals surface area contributed by atoms with Gasteiger partial charge < -0.3 is 32.8 Å². The topological polar surface area (TPSA) is 112 Å². The molecule has 7 aliphatic rings. The fourth-order valence-corrected chi connectivity index (χ4v) is 8.86. The Hall–Kier alpha value is -1.98. The molecule has 4 bridgehead atoms. The lowest BCUT2D eigenvalue weighted by molar-refractivity contribution is -0.578. The molecule has 0 amide bonds. The van der Waals surface area contributed by atoms with Gasteiger partial charge in [0.15, 0.2) is 5.79 Å². The first-order valence-corrected chi connectivity index (χ1v) is 12.8. The van der Waals surface area contributed by atoms with Gasteiger partial charge >= 0.3 is 11.9 Å². The van der Waals surface area contributed by atoms with Gasteiger partial charge in [-0.3, -0.25) is 14.3 Å². The molecule has 6 heterocycles. The van der Waals surface area contributed by atoms with Crippen LogP contribution < -0.4 is 0 Å². The Balaban J connectivity index is 1.40. The third kappa shape index (κ3) is 2.55. The molecular formula is C26H32O10. The Morgan fingerprint density at radius 2 is 1.83 bits per heavy atom. The van der Waals surface area contributed by atoms with Crippen molar-refractivity contribution in [3.63, 3.8) is 0 Å². The first-order chi connectivity index (χ1) is 17.1. The van der Waals surface area contributed by atoms with Crippen molar-refractivity contribution in [2.24, 2.45) is 22.7 Å². The highest BCUT2D eigenvalue weighted by Gasteiger charge is 2.90. The van der Waals surface area contributed by atoms with E-state index < -0.39 is 46.6 Å². The molecule has 10 atom stereocenters. The van der Waals surface area contributed by atoms with Crippen molar-refractivity contribution in [3.05, 3.63) is 24.2 Å². The van der Waals surface area contributed by atoms with Crippen molar-refractivity contribution in [1.29, 1.82) is 0 Å². The molecule has 7 fully saturated rings. The van der Waals surface area contributed by atoms with E-state index in [0.717, 1.165) is 5.56 Å². The van der Waals surface area contributed by atoms with Gasteiger partial charge in [0.25, 0.3) is 5.97 Å². The highest BCUT2D eigenvalue weighted by Crippen LogP contribution is 2.79. The zero-order valence-corrected chi connectivity index (χ0v) is 20.9. The molecule has 0 radical (unpaired) electrons. The normalized spacial score (nSPS) is 52.3. The van der Waals surface area contributed by atoms with E-state index in [0.29, 0.717) is 32.3 Å². The fraction of sp³-hybridized carbons (Fsp3) is 0.769. The van der Waals surface area contributed by atoms with Crippen LogP contribution in [0.1, 0.15) is 65.0 Å². The lowest BCUT2D eigenvalue weighted by Crippen LogP contribution is -2.85. The highest BCUT2D eigenvalue weighted by atomic mass is 17.0. The van der Waals surface area contributed by atoms with Gasteiger partial charge in [-0.15, -0.1) is 0 Å². The van der Waals surface area contributed by atoms with Crippen LogP contribution in [-0.4, -0.2) is 54.9 Å². The lowest BCUT2D eigenvalue weighted by atomic mass is 9.40. The molecule has 10 unspecified atom stereocenters. The van der Waals surface area contributed by atoms with Crippen LogP contribution in [0.2, 0.25) is 0 Å². The Bertz CT molecular complexity index is 1100. The Labute approximate surface area is 208 Å². The maximum absolute atomic E-state index is 12.3. The maximum Gasteiger partial charge on any atom is 0.304 e. The molecule has 0 aromatic carbocycles. The van der Waals surface area contributed by atoms with Crippen LogP contribution in [0.3, 0.4) is 0 Å². The molecule has 196 valence electrons. The Morgan fingerprint density at radius 1 is 1.03 bits per heavy atom. The largest absolute Gasteiger partial charge is 0.472 e. The minimum atomic E-state index is -1.30. The monoisotopic (exact) mass is 504 g/mol. The van der Waals surface area contributed by atoms with Crippen LogP contribution in [0.25, 0.3) is 0 Å². The summed E-state index contributed by atoms with van der Waals surface area (Å²) in [5.41, 5.74) is -1.40. The van der Waals surface area contributed by atoms with Crippen LogP contribution in [-0.2, 0) is 42.7 Å². The van der Waals surface area contributed by atoms with Crippen molar-refractivity contribution >= 4 is 11.9 Å². The predicted octanol–water partition coefficient (Wildman–Crippen LogP) is 3.20. The standard InChI is InChI=1S/C26H32O10/c1-14-9-26-24-12-30-22(4,36-26)35-25(24,13-31-26)20(32-15(2)27)6-5-19(24)23(14)10-18(17-7-8-29-11-17)34-21(23)33-16(3)28/h7-8,11,14,18-21H,5-6,9-10,12-13H2,1-4H3. The minimum absolute atomic E-state index is 0.0124. The third-order valence-corrected chi connectivity index (χ3v) is 9.97.